The molecule has 0 radical (unpaired) electrons. The predicted octanol–water partition coefficient (Wildman–Crippen LogP) is 4.20. The second-order valence-corrected chi connectivity index (χ2v) is 5.59. The number of hydrogen-bond donors (Lipinski definition) is 1. The maximum Gasteiger partial charge on any atom is 0.435 e. The minimum Gasteiger partial charge on any atom is -0.326 e. The number of halogens is 4. The van der Waals surface area contributed by atoms with Gasteiger partial charge in [-0.05, 0) is 37.6 Å². The summed E-state index contributed by atoms with van der Waals surface area (Å²) in [4.78, 5) is 11.9. The van der Waals surface area contributed by atoms with Gasteiger partial charge in [0.25, 0.3) is 0 Å². The van der Waals surface area contributed by atoms with Gasteiger partial charge in [-0.15, -0.1) is 0 Å². The topological polar surface area (TPSA) is 46.9 Å². The molecule has 0 saturated carbocycles. The Bertz CT molecular complexity index is 725. The molecule has 8 heteroatoms. The number of benzene rings is 1. The van der Waals surface area contributed by atoms with Crippen LogP contribution < -0.4 is 5.32 Å². The second kappa shape index (κ2) is 6.62. The van der Waals surface area contributed by atoms with Crippen molar-refractivity contribution in [3.8, 4) is 0 Å². The molecular weight excluding hydrogens is 331 g/mol. The molecule has 23 heavy (non-hydrogen) atoms. The molecule has 0 aliphatic carbocycles. The Kier molecular flexibility index (Phi) is 4.99. The van der Waals surface area contributed by atoms with Crippen LogP contribution in [0.4, 0.5) is 18.9 Å². The van der Waals surface area contributed by atoms with E-state index in [1.165, 1.54) is 11.6 Å². The van der Waals surface area contributed by atoms with Crippen LogP contribution in [-0.4, -0.2) is 15.7 Å². The molecular formula is C15H15ClF3N3O. The molecule has 1 amide bonds. The average Bonchev–Trinajstić information content (AvgIpc) is 2.82. The molecule has 1 aromatic heterocycles. The van der Waals surface area contributed by atoms with Crippen LogP contribution in [0.1, 0.15) is 23.4 Å². The van der Waals surface area contributed by atoms with Crippen molar-refractivity contribution in [2.45, 2.75) is 33.0 Å². The van der Waals surface area contributed by atoms with Crippen molar-refractivity contribution in [2.75, 3.05) is 5.32 Å². The maximum absolute atomic E-state index is 12.6. The summed E-state index contributed by atoms with van der Waals surface area (Å²) in [5.41, 5.74) is 0.818. The highest BCUT2D eigenvalue weighted by atomic mass is 35.5. The number of rotatable bonds is 4. The van der Waals surface area contributed by atoms with Gasteiger partial charge in [0.15, 0.2) is 5.69 Å². The smallest absolute Gasteiger partial charge is 0.326 e. The molecule has 2 rings (SSSR count). The summed E-state index contributed by atoms with van der Waals surface area (Å²) in [5, 5.41) is 6.66. The summed E-state index contributed by atoms with van der Waals surface area (Å²) in [6.07, 6.45) is -4.48. The lowest BCUT2D eigenvalue weighted by Gasteiger charge is -2.09. The molecule has 1 N–H and O–H groups in total. The number of alkyl halides is 3. The monoisotopic (exact) mass is 345 g/mol. The van der Waals surface area contributed by atoms with E-state index in [0.29, 0.717) is 16.4 Å². The lowest BCUT2D eigenvalue weighted by molar-refractivity contribution is -0.141. The van der Waals surface area contributed by atoms with E-state index in [1.807, 2.05) is 6.92 Å². The number of carbonyl (C=O) groups is 1. The number of nitrogens with one attached hydrogen (secondary N) is 1. The van der Waals surface area contributed by atoms with Gasteiger partial charge in [-0.1, -0.05) is 17.7 Å². The van der Waals surface area contributed by atoms with Crippen molar-refractivity contribution in [2.24, 2.45) is 0 Å². The van der Waals surface area contributed by atoms with Crippen molar-refractivity contribution in [3.63, 3.8) is 0 Å². The van der Waals surface area contributed by atoms with E-state index in [2.05, 4.69) is 10.4 Å². The van der Waals surface area contributed by atoms with Crippen LogP contribution in [0.2, 0.25) is 5.02 Å². The molecule has 1 aromatic carbocycles. The highest BCUT2D eigenvalue weighted by molar-refractivity contribution is 6.31. The number of nitrogens with zero attached hydrogens (tertiary/aromatic N) is 2. The van der Waals surface area contributed by atoms with Gasteiger partial charge in [0.1, 0.15) is 0 Å². The first-order chi connectivity index (χ1) is 10.7. The minimum atomic E-state index is -4.49. The summed E-state index contributed by atoms with van der Waals surface area (Å²) in [6.45, 7) is 3.40. The summed E-state index contributed by atoms with van der Waals surface area (Å²) in [7, 11) is 0. The van der Waals surface area contributed by atoms with Crippen molar-refractivity contribution >= 4 is 23.2 Å². The first-order valence-electron chi connectivity index (χ1n) is 6.84. The van der Waals surface area contributed by atoms with E-state index in [1.54, 1.807) is 18.2 Å². The Balaban J connectivity index is 2.00. The molecule has 2 aromatic rings. The fourth-order valence-corrected chi connectivity index (χ4v) is 2.20. The number of anilines is 1. The van der Waals surface area contributed by atoms with Crippen LogP contribution >= 0.6 is 11.6 Å². The number of carbonyl (C=O) groups excluding carboxylic acids is 1. The summed E-state index contributed by atoms with van der Waals surface area (Å²) < 4.78 is 38.9. The Morgan fingerprint density at radius 2 is 2.00 bits per heavy atom. The van der Waals surface area contributed by atoms with Crippen molar-refractivity contribution in [1.82, 2.24) is 9.78 Å². The third-order valence-electron chi connectivity index (χ3n) is 3.30. The lowest BCUT2D eigenvalue weighted by atomic mass is 10.2. The molecule has 0 fully saturated rings. The zero-order valence-corrected chi connectivity index (χ0v) is 13.3. The molecule has 0 spiro atoms. The zero-order chi connectivity index (χ0) is 17.2. The van der Waals surface area contributed by atoms with Gasteiger partial charge in [0.2, 0.25) is 5.91 Å². The fourth-order valence-electron chi connectivity index (χ4n) is 2.02. The van der Waals surface area contributed by atoms with E-state index < -0.39 is 11.9 Å². The first-order valence-corrected chi connectivity index (χ1v) is 7.22. The van der Waals surface area contributed by atoms with Crippen LogP contribution in [-0.2, 0) is 17.5 Å². The Morgan fingerprint density at radius 3 is 2.61 bits per heavy atom. The van der Waals surface area contributed by atoms with Gasteiger partial charge >= 0.3 is 6.18 Å². The number of aryl methyl sites for hydroxylation is 3. The lowest BCUT2D eigenvalue weighted by Crippen LogP contribution is -2.16. The van der Waals surface area contributed by atoms with Gasteiger partial charge in [0.05, 0.1) is 0 Å². The molecule has 0 aliphatic rings. The third kappa shape index (κ3) is 4.48. The Morgan fingerprint density at radius 1 is 1.30 bits per heavy atom. The molecule has 124 valence electrons. The van der Waals surface area contributed by atoms with Crippen molar-refractivity contribution < 1.29 is 18.0 Å². The van der Waals surface area contributed by atoms with Crippen molar-refractivity contribution in [1.29, 1.82) is 0 Å². The molecule has 0 unspecified atom stereocenters. The van der Waals surface area contributed by atoms with E-state index in [4.69, 9.17) is 11.6 Å². The molecule has 0 bridgehead atoms. The van der Waals surface area contributed by atoms with Gasteiger partial charge in [-0.3, -0.25) is 9.48 Å². The van der Waals surface area contributed by atoms with Gasteiger partial charge in [-0.25, -0.2) is 0 Å². The van der Waals surface area contributed by atoms with Crippen LogP contribution in [0.3, 0.4) is 0 Å². The highest BCUT2D eigenvalue weighted by Gasteiger charge is 2.34. The van der Waals surface area contributed by atoms with Gasteiger partial charge in [-0.2, -0.15) is 18.3 Å². The van der Waals surface area contributed by atoms with Crippen LogP contribution in [0.5, 0.6) is 0 Å². The largest absolute Gasteiger partial charge is 0.435 e. The standard InChI is InChI=1S/C15H15ClF3N3O/c1-9-3-4-11(16)8-12(9)20-14(23)5-6-22-10(2)7-13(21-22)15(17,18)19/h3-4,7-8H,5-6H2,1-2H3,(H,20,23). The quantitative estimate of drug-likeness (QED) is 0.902. The van der Waals surface area contributed by atoms with E-state index in [9.17, 15) is 18.0 Å². The predicted molar refractivity (Wildman–Crippen MR) is 81.4 cm³/mol. The maximum atomic E-state index is 12.6. The van der Waals surface area contributed by atoms with E-state index >= 15 is 0 Å². The minimum absolute atomic E-state index is 0.00572. The zero-order valence-electron chi connectivity index (χ0n) is 12.5. The first kappa shape index (κ1) is 17.3. The summed E-state index contributed by atoms with van der Waals surface area (Å²) in [5.74, 6) is -0.321. The second-order valence-electron chi connectivity index (χ2n) is 5.15. The molecule has 4 nitrogen and oxygen atoms in total. The third-order valence-corrected chi connectivity index (χ3v) is 3.53. The van der Waals surface area contributed by atoms with E-state index in [0.717, 1.165) is 11.6 Å². The number of amides is 1. The van der Waals surface area contributed by atoms with Crippen molar-refractivity contribution in [3.05, 3.63) is 46.2 Å². The summed E-state index contributed by atoms with van der Waals surface area (Å²) >= 11 is 5.87. The molecule has 0 saturated heterocycles. The van der Waals surface area contributed by atoms with Gasteiger partial charge < -0.3 is 5.32 Å². The number of hydrogen-bond acceptors (Lipinski definition) is 2. The highest BCUT2D eigenvalue weighted by Crippen LogP contribution is 2.28. The van der Waals surface area contributed by atoms with Crippen LogP contribution in [0, 0.1) is 13.8 Å². The Labute approximate surface area is 136 Å². The Hall–Kier alpha value is -2.02. The van der Waals surface area contributed by atoms with Crippen LogP contribution in [0.25, 0.3) is 0 Å². The van der Waals surface area contributed by atoms with Crippen LogP contribution in [0.15, 0.2) is 24.3 Å². The SMILES string of the molecule is Cc1ccc(Cl)cc1NC(=O)CCn1nc(C(F)(F)F)cc1C. The van der Waals surface area contributed by atoms with E-state index in [-0.39, 0.29) is 18.9 Å². The fraction of sp³-hybridized carbons (Fsp3) is 0.333. The molecule has 0 aliphatic heterocycles. The normalized spacial score (nSPS) is 11.6. The average molecular weight is 346 g/mol. The number of aromatic nitrogens is 2. The molecule has 1 heterocycles. The summed E-state index contributed by atoms with van der Waals surface area (Å²) in [6, 6.07) is 6.05. The van der Waals surface area contributed by atoms with Gasteiger partial charge in [0, 0.05) is 29.4 Å². The molecule has 0 atom stereocenters.